The molecule has 6 heteroatoms. The van der Waals surface area contributed by atoms with Crippen LogP contribution in [0, 0.1) is 5.92 Å². The molecule has 1 fully saturated rings. The summed E-state index contributed by atoms with van der Waals surface area (Å²) in [4.78, 5) is 35.0. The first-order valence-electron chi connectivity index (χ1n) is 10.1. The number of piperidine rings is 1. The van der Waals surface area contributed by atoms with Gasteiger partial charge in [0.25, 0.3) is 0 Å². The first-order chi connectivity index (χ1) is 13.7. The van der Waals surface area contributed by atoms with Gasteiger partial charge in [0.15, 0.2) is 5.78 Å². The predicted molar refractivity (Wildman–Crippen MR) is 107 cm³/mol. The molecule has 2 heterocycles. The summed E-state index contributed by atoms with van der Waals surface area (Å²) in [5.41, 5.74) is 2.75. The van der Waals surface area contributed by atoms with Gasteiger partial charge >= 0.3 is 0 Å². The summed E-state index contributed by atoms with van der Waals surface area (Å²) < 4.78 is 0. The summed E-state index contributed by atoms with van der Waals surface area (Å²) in [6.45, 7) is 2.23. The highest BCUT2D eigenvalue weighted by atomic mass is 16.2. The highest BCUT2D eigenvalue weighted by molar-refractivity contribution is 5.98. The van der Waals surface area contributed by atoms with Crippen molar-refractivity contribution < 1.29 is 9.59 Å². The van der Waals surface area contributed by atoms with Crippen molar-refractivity contribution in [1.29, 1.82) is 0 Å². The molecule has 1 amide bonds. The van der Waals surface area contributed by atoms with Gasteiger partial charge in [0.2, 0.25) is 11.9 Å². The van der Waals surface area contributed by atoms with E-state index in [1.807, 2.05) is 0 Å². The molecule has 4 rings (SSSR count). The number of aryl methyl sites for hydroxylation is 1. The third kappa shape index (κ3) is 4.62. The maximum atomic E-state index is 12.4. The van der Waals surface area contributed by atoms with Crippen molar-refractivity contribution in [3.05, 3.63) is 53.3 Å². The van der Waals surface area contributed by atoms with Gasteiger partial charge in [-0.05, 0) is 56.7 Å². The van der Waals surface area contributed by atoms with Gasteiger partial charge in [-0.25, -0.2) is 9.97 Å². The summed E-state index contributed by atoms with van der Waals surface area (Å²) in [6.07, 6.45) is 7.02. The number of nitrogens with zero attached hydrogens (tertiary/aromatic N) is 3. The molecule has 1 aliphatic heterocycles. The fourth-order valence-corrected chi connectivity index (χ4v) is 4.12. The summed E-state index contributed by atoms with van der Waals surface area (Å²) in [5, 5.41) is 2.79. The summed E-state index contributed by atoms with van der Waals surface area (Å²) in [6, 6.07) is 10.6. The molecule has 6 nitrogen and oxygen atoms in total. The molecule has 1 aromatic carbocycles. The Morgan fingerprint density at radius 2 is 1.93 bits per heavy atom. The van der Waals surface area contributed by atoms with E-state index in [4.69, 9.17) is 0 Å². The standard InChI is InChI=1S/C22H26N4O2/c27-20-8-4-7-19-18(20)14-23-22(24-19)25-21(28)15-26-11-9-17(10-12-26)13-16-5-2-1-3-6-16/h1-3,5-6,14,17H,4,7-13,15H2,(H,23,24,25,28). The van der Waals surface area contributed by atoms with E-state index in [2.05, 4.69) is 50.5 Å². The Hall–Kier alpha value is -2.60. The maximum Gasteiger partial charge on any atom is 0.240 e. The van der Waals surface area contributed by atoms with E-state index < -0.39 is 0 Å². The van der Waals surface area contributed by atoms with Crippen molar-refractivity contribution >= 4 is 17.6 Å². The number of hydrogen-bond acceptors (Lipinski definition) is 5. The van der Waals surface area contributed by atoms with Crippen LogP contribution in [-0.4, -0.2) is 46.2 Å². The Balaban J connectivity index is 1.25. The predicted octanol–water partition coefficient (Wildman–Crippen LogP) is 2.89. The van der Waals surface area contributed by atoms with Crippen LogP contribution in [0.5, 0.6) is 0 Å². The van der Waals surface area contributed by atoms with Crippen LogP contribution in [0.3, 0.4) is 0 Å². The molecular formula is C22H26N4O2. The SMILES string of the molecule is O=C(CN1CCC(Cc2ccccc2)CC1)Nc1ncc2c(n1)CCCC2=O. The van der Waals surface area contributed by atoms with Crippen molar-refractivity contribution in [3.8, 4) is 0 Å². The van der Waals surface area contributed by atoms with Crippen molar-refractivity contribution in [3.63, 3.8) is 0 Å². The number of nitrogens with one attached hydrogen (secondary N) is 1. The monoisotopic (exact) mass is 378 g/mol. The van der Waals surface area contributed by atoms with E-state index in [9.17, 15) is 9.59 Å². The number of amides is 1. The van der Waals surface area contributed by atoms with E-state index in [0.29, 0.717) is 30.4 Å². The molecule has 28 heavy (non-hydrogen) atoms. The van der Waals surface area contributed by atoms with Gasteiger partial charge in [-0.3, -0.25) is 19.8 Å². The molecule has 0 atom stereocenters. The molecule has 0 unspecified atom stereocenters. The quantitative estimate of drug-likeness (QED) is 0.866. The lowest BCUT2D eigenvalue weighted by molar-refractivity contribution is -0.117. The fourth-order valence-electron chi connectivity index (χ4n) is 4.12. The molecule has 1 saturated heterocycles. The second-order valence-corrected chi connectivity index (χ2v) is 7.79. The number of anilines is 1. The summed E-state index contributed by atoms with van der Waals surface area (Å²) in [5.74, 6) is 0.988. The molecule has 0 bridgehead atoms. The van der Waals surface area contributed by atoms with Gasteiger partial charge in [0, 0.05) is 12.6 Å². The lowest BCUT2D eigenvalue weighted by Crippen LogP contribution is -2.39. The first-order valence-corrected chi connectivity index (χ1v) is 10.1. The van der Waals surface area contributed by atoms with E-state index in [0.717, 1.165) is 50.9 Å². The molecule has 1 N–H and O–H groups in total. The smallest absolute Gasteiger partial charge is 0.240 e. The Labute approximate surface area is 165 Å². The molecule has 2 aromatic rings. The van der Waals surface area contributed by atoms with Crippen LogP contribution in [0.4, 0.5) is 5.95 Å². The maximum absolute atomic E-state index is 12.4. The molecule has 0 radical (unpaired) electrons. The normalized spacial score (nSPS) is 17.9. The van der Waals surface area contributed by atoms with Crippen LogP contribution in [0.1, 0.15) is 47.3 Å². The van der Waals surface area contributed by atoms with Crippen molar-refractivity contribution in [1.82, 2.24) is 14.9 Å². The average Bonchev–Trinajstić information content (AvgIpc) is 2.70. The minimum Gasteiger partial charge on any atom is -0.294 e. The number of carbonyl (C=O) groups excluding carboxylic acids is 2. The number of benzene rings is 1. The minimum absolute atomic E-state index is 0.0939. The Morgan fingerprint density at radius 3 is 2.71 bits per heavy atom. The fraction of sp³-hybridized carbons (Fsp3) is 0.455. The number of ketones is 1. The van der Waals surface area contributed by atoms with Crippen LogP contribution >= 0.6 is 0 Å². The molecule has 146 valence electrons. The van der Waals surface area contributed by atoms with E-state index in [-0.39, 0.29) is 11.7 Å². The van der Waals surface area contributed by atoms with E-state index >= 15 is 0 Å². The Kier molecular flexibility index (Phi) is 5.76. The van der Waals surface area contributed by atoms with Crippen molar-refractivity contribution in [2.24, 2.45) is 5.92 Å². The number of Topliss-reactive ketones (excluding diaryl/α,β-unsaturated/α-hetero) is 1. The average molecular weight is 378 g/mol. The number of likely N-dealkylation sites (tertiary alicyclic amines) is 1. The zero-order valence-corrected chi connectivity index (χ0v) is 16.1. The summed E-state index contributed by atoms with van der Waals surface area (Å²) in [7, 11) is 0. The van der Waals surface area contributed by atoms with E-state index in [1.54, 1.807) is 6.20 Å². The van der Waals surface area contributed by atoms with Crippen molar-refractivity contribution in [2.75, 3.05) is 25.0 Å². The number of carbonyl (C=O) groups is 2. The molecule has 1 aromatic heterocycles. The van der Waals surface area contributed by atoms with Crippen LogP contribution < -0.4 is 5.32 Å². The third-order valence-corrected chi connectivity index (χ3v) is 5.68. The third-order valence-electron chi connectivity index (χ3n) is 5.68. The van der Waals surface area contributed by atoms with Crippen LogP contribution in [0.25, 0.3) is 0 Å². The van der Waals surface area contributed by atoms with Gasteiger partial charge in [-0.1, -0.05) is 30.3 Å². The van der Waals surface area contributed by atoms with E-state index in [1.165, 1.54) is 5.56 Å². The second kappa shape index (κ2) is 8.61. The van der Waals surface area contributed by atoms with Gasteiger partial charge < -0.3 is 0 Å². The van der Waals surface area contributed by atoms with Crippen LogP contribution in [0.2, 0.25) is 0 Å². The molecule has 2 aliphatic rings. The van der Waals surface area contributed by atoms with Gasteiger partial charge in [-0.2, -0.15) is 0 Å². The van der Waals surface area contributed by atoms with Gasteiger partial charge in [0.05, 0.1) is 17.8 Å². The zero-order valence-electron chi connectivity index (χ0n) is 16.1. The number of fused-ring (bicyclic) bond motifs is 1. The molecule has 1 aliphatic carbocycles. The molecule has 0 spiro atoms. The Morgan fingerprint density at radius 1 is 1.14 bits per heavy atom. The van der Waals surface area contributed by atoms with Crippen LogP contribution in [0.15, 0.2) is 36.5 Å². The largest absolute Gasteiger partial charge is 0.294 e. The second-order valence-electron chi connectivity index (χ2n) is 7.79. The molecular weight excluding hydrogens is 352 g/mol. The van der Waals surface area contributed by atoms with Gasteiger partial charge in [0.1, 0.15) is 0 Å². The highest BCUT2D eigenvalue weighted by Crippen LogP contribution is 2.22. The van der Waals surface area contributed by atoms with Crippen LogP contribution in [-0.2, 0) is 17.6 Å². The number of hydrogen-bond donors (Lipinski definition) is 1. The van der Waals surface area contributed by atoms with Crippen molar-refractivity contribution in [2.45, 2.75) is 38.5 Å². The zero-order chi connectivity index (χ0) is 19.3. The lowest BCUT2D eigenvalue weighted by atomic mass is 9.90. The number of aromatic nitrogens is 2. The lowest BCUT2D eigenvalue weighted by Gasteiger charge is -2.31. The summed E-state index contributed by atoms with van der Waals surface area (Å²) >= 11 is 0. The van der Waals surface area contributed by atoms with Gasteiger partial charge in [-0.15, -0.1) is 0 Å². The highest BCUT2D eigenvalue weighted by Gasteiger charge is 2.22. The molecule has 0 saturated carbocycles. The Bertz CT molecular complexity index is 845. The topological polar surface area (TPSA) is 75.2 Å². The number of rotatable bonds is 5. The minimum atomic E-state index is -0.0939. The first kappa shape index (κ1) is 18.7.